The second kappa shape index (κ2) is 6.34. The van der Waals surface area contributed by atoms with E-state index < -0.39 is 5.82 Å². The molecule has 2 aromatic carbocycles. The molecule has 2 aromatic rings. The van der Waals surface area contributed by atoms with Gasteiger partial charge in [-0.15, -0.1) is 0 Å². The fourth-order valence-electron chi connectivity index (χ4n) is 1.67. The zero-order valence-electron chi connectivity index (χ0n) is 10.6. The lowest BCUT2D eigenvalue weighted by Crippen LogP contribution is -2.22. The van der Waals surface area contributed by atoms with Gasteiger partial charge in [0.25, 0.3) is 0 Å². The number of rotatable bonds is 4. The number of amides is 1. The Balaban J connectivity index is 1.96. The number of hydrogen-bond donors (Lipinski definition) is 2. The molecule has 5 heteroatoms. The van der Waals surface area contributed by atoms with Crippen molar-refractivity contribution in [3.63, 3.8) is 0 Å². The maximum absolute atomic E-state index is 13.0. The number of nitriles is 1. The first-order valence-electron chi connectivity index (χ1n) is 5.97. The average Bonchev–Trinajstić information content (AvgIpc) is 2.47. The van der Waals surface area contributed by atoms with Crippen LogP contribution in [0.3, 0.4) is 0 Å². The Morgan fingerprint density at radius 2 is 1.95 bits per heavy atom. The van der Waals surface area contributed by atoms with E-state index in [0.29, 0.717) is 11.4 Å². The lowest BCUT2D eigenvalue weighted by Gasteiger charge is -2.09. The van der Waals surface area contributed by atoms with E-state index in [9.17, 15) is 9.18 Å². The van der Waals surface area contributed by atoms with Crippen LogP contribution in [0.5, 0.6) is 0 Å². The number of hydrogen-bond acceptors (Lipinski definition) is 3. The van der Waals surface area contributed by atoms with Crippen LogP contribution in [0.15, 0.2) is 48.5 Å². The lowest BCUT2D eigenvalue weighted by molar-refractivity contribution is -0.114. The molecule has 100 valence electrons. The van der Waals surface area contributed by atoms with E-state index in [1.807, 2.05) is 24.3 Å². The van der Waals surface area contributed by atoms with Gasteiger partial charge < -0.3 is 10.6 Å². The van der Waals surface area contributed by atoms with Crippen LogP contribution in [-0.2, 0) is 4.79 Å². The first kappa shape index (κ1) is 13.6. The largest absolute Gasteiger partial charge is 0.375 e. The van der Waals surface area contributed by atoms with Gasteiger partial charge in [0.1, 0.15) is 11.9 Å². The Hall–Kier alpha value is -2.87. The molecule has 0 aliphatic rings. The molecule has 0 unspecified atom stereocenters. The maximum atomic E-state index is 13.0. The van der Waals surface area contributed by atoms with E-state index in [-0.39, 0.29) is 18.0 Å². The molecule has 0 bridgehead atoms. The first-order chi connectivity index (χ1) is 9.69. The van der Waals surface area contributed by atoms with Crippen molar-refractivity contribution in [1.82, 2.24) is 0 Å². The van der Waals surface area contributed by atoms with Crippen LogP contribution < -0.4 is 10.6 Å². The number of nitrogens with zero attached hydrogens (tertiary/aromatic N) is 1. The standard InChI is InChI=1S/C15H12FN3O/c16-12-6-7-14(11(8-12)9-17)18-10-15(20)19-13-4-2-1-3-5-13/h1-8,18H,10H2,(H,19,20). The number of carbonyl (C=O) groups excluding carboxylic acids is 1. The smallest absolute Gasteiger partial charge is 0.243 e. The van der Waals surface area contributed by atoms with Gasteiger partial charge >= 0.3 is 0 Å². The minimum atomic E-state index is -0.485. The van der Waals surface area contributed by atoms with Crippen molar-refractivity contribution in [2.45, 2.75) is 0 Å². The highest BCUT2D eigenvalue weighted by atomic mass is 19.1. The monoisotopic (exact) mass is 269 g/mol. The van der Waals surface area contributed by atoms with Crippen molar-refractivity contribution < 1.29 is 9.18 Å². The molecule has 0 heterocycles. The van der Waals surface area contributed by atoms with Crippen molar-refractivity contribution in [2.24, 2.45) is 0 Å². The van der Waals surface area contributed by atoms with Crippen LogP contribution in [0.2, 0.25) is 0 Å². The summed E-state index contributed by atoms with van der Waals surface area (Å²) in [6, 6.07) is 14.7. The zero-order chi connectivity index (χ0) is 14.4. The highest BCUT2D eigenvalue weighted by molar-refractivity contribution is 5.93. The molecular weight excluding hydrogens is 257 g/mol. The summed E-state index contributed by atoms with van der Waals surface area (Å²) in [5.74, 6) is -0.731. The van der Waals surface area contributed by atoms with Gasteiger partial charge in [0.2, 0.25) is 5.91 Å². The Morgan fingerprint density at radius 1 is 1.20 bits per heavy atom. The van der Waals surface area contributed by atoms with Gasteiger partial charge in [0, 0.05) is 5.69 Å². The van der Waals surface area contributed by atoms with Crippen molar-refractivity contribution in [1.29, 1.82) is 5.26 Å². The molecule has 0 aliphatic heterocycles. The summed E-state index contributed by atoms with van der Waals surface area (Å²) in [7, 11) is 0. The lowest BCUT2D eigenvalue weighted by atomic mass is 10.2. The molecular formula is C15H12FN3O. The SMILES string of the molecule is N#Cc1cc(F)ccc1NCC(=O)Nc1ccccc1. The van der Waals surface area contributed by atoms with E-state index in [2.05, 4.69) is 10.6 Å². The Labute approximate surface area is 115 Å². The number of benzene rings is 2. The quantitative estimate of drug-likeness (QED) is 0.897. The van der Waals surface area contributed by atoms with Crippen LogP contribution in [0.1, 0.15) is 5.56 Å². The summed E-state index contributed by atoms with van der Waals surface area (Å²) in [6.45, 7) is -0.00476. The van der Waals surface area contributed by atoms with Crippen molar-refractivity contribution >= 4 is 17.3 Å². The molecule has 0 aromatic heterocycles. The van der Waals surface area contributed by atoms with Gasteiger partial charge in [-0.05, 0) is 30.3 Å². The molecule has 0 spiro atoms. The highest BCUT2D eigenvalue weighted by Gasteiger charge is 2.06. The molecule has 0 atom stereocenters. The summed E-state index contributed by atoms with van der Waals surface area (Å²) in [4.78, 5) is 11.7. The normalized spacial score (nSPS) is 9.60. The molecule has 2 rings (SSSR count). The molecule has 2 N–H and O–H groups in total. The summed E-state index contributed by atoms with van der Waals surface area (Å²) in [5.41, 5.74) is 1.29. The van der Waals surface area contributed by atoms with E-state index in [1.54, 1.807) is 12.1 Å². The summed E-state index contributed by atoms with van der Waals surface area (Å²) in [5, 5.41) is 14.4. The van der Waals surface area contributed by atoms with Crippen LogP contribution in [-0.4, -0.2) is 12.5 Å². The fourth-order valence-corrected chi connectivity index (χ4v) is 1.67. The first-order valence-corrected chi connectivity index (χ1v) is 5.97. The second-order valence-electron chi connectivity index (χ2n) is 4.07. The number of nitrogens with one attached hydrogen (secondary N) is 2. The topological polar surface area (TPSA) is 64.9 Å². The predicted octanol–water partition coefficient (Wildman–Crippen LogP) is 2.75. The van der Waals surface area contributed by atoms with E-state index in [1.165, 1.54) is 12.1 Å². The molecule has 0 saturated carbocycles. The number of halogens is 1. The molecule has 0 fully saturated rings. The van der Waals surface area contributed by atoms with Gasteiger partial charge in [0.05, 0.1) is 17.8 Å². The minimum absolute atomic E-state index is 0.00476. The summed E-state index contributed by atoms with van der Waals surface area (Å²) in [6.07, 6.45) is 0. The second-order valence-corrected chi connectivity index (χ2v) is 4.07. The van der Waals surface area contributed by atoms with Gasteiger partial charge in [-0.25, -0.2) is 4.39 Å². The molecule has 0 radical (unpaired) electrons. The predicted molar refractivity (Wildman–Crippen MR) is 74.7 cm³/mol. The van der Waals surface area contributed by atoms with Crippen LogP contribution in [0, 0.1) is 17.1 Å². The average molecular weight is 269 g/mol. The summed E-state index contributed by atoms with van der Waals surface area (Å²) >= 11 is 0. The summed E-state index contributed by atoms with van der Waals surface area (Å²) < 4.78 is 13.0. The van der Waals surface area contributed by atoms with Gasteiger partial charge in [-0.2, -0.15) is 5.26 Å². The molecule has 0 aliphatic carbocycles. The maximum Gasteiger partial charge on any atom is 0.243 e. The van der Waals surface area contributed by atoms with Crippen LogP contribution in [0.25, 0.3) is 0 Å². The molecule has 4 nitrogen and oxygen atoms in total. The van der Waals surface area contributed by atoms with Crippen molar-refractivity contribution in [3.8, 4) is 6.07 Å². The number of carbonyl (C=O) groups is 1. The minimum Gasteiger partial charge on any atom is -0.375 e. The number of para-hydroxylation sites is 1. The third-order valence-electron chi connectivity index (χ3n) is 2.60. The van der Waals surface area contributed by atoms with Gasteiger partial charge in [-0.1, -0.05) is 18.2 Å². The van der Waals surface area contributed by atoms with Crippen molar-refractivity contribution in [3.05, 3.63) is 59.9 Å². The highest BCUT2D eigenvalue weighted by Crippen LogP contribution is 2.15. The van der Waals surface area contributed by atoms with Gasteiger partial charge in [0.15, 0.2) is 0 Å². The Kier molecular flexibility index (Phi) is 4.30. The molecule has 20 heavy (non-hydrogen) atoms. The van der Waals surface area contributed by atoms with Crippen LogP contribution >= 0.6 is 0 Å². The van der Waals surface area contributed by atoms with E-state index in [0.717, 1.165) is 6.07 Å². The van der Waals surface area contributed by atoms with Crippen molar-refractivity contribution in [2.75, 3.05) is 17.2 Å². The zero-order valence-corrected chi connectivity index (χ0v) is 10.6. The Bertz CT molecular complexity index is 650. The molecule has 1 amide bonds. The fraction of sp³-hybridized carbons (Fsp3) is 0.0667. The third-order valence-corrected chi connectivity index (χ3v) is 2.60. The Morgan fingerprint density at radius 3 is 2.65 bits per heavy atom. The number of anilines is 2. The van der Waals surface area contributed by atoms with Gasteiger partial charge in [-0.3, -0.25) is 4.79 Å². The molecule has 0 saturated heterocycles. The van der Waals surface area contributed by atoms with E-state index >= 15 is 0 Å². The third kappa shape index (κ3) is 3.56. The van der Waals surface area contributed by atoms with E-state index in [4.69, 9.17) is 5.26 Å². The van der Waals surface area contributed by atoms with Crippen LogP contribution in [0.4, 0.5) is 15.8 Å².